The zero-order valence-corrected chi connectivity index (χ0v) is 11.5. The minimum Gasteiger partial charge on any atom is -0.457 e. The zero-order chi connectivity index (χ0) is 13.9. The number of hydrogen-bond acceptors (Lipinski definition) is 3. The largest absolute Gasteiger partial charge is 0.457 e. The topological polar surface area (TPSA) is 44.1 Å². The molecule has 0 spiro atoms. The van der Waals surface area contributed by atoms with Crippen LogP contribution in [0.15, 0.2) is 42.7 Å². The Morgan fingerprint density at radius 1 is 1.40 bits per heavy atom. The number of benzene rings is 1. The Balaban J connectivity index is 1.60. The van der Waals surface area contributed by atoms with Gasteiger partial charge in [-0.1, -0.05) is 37.3 Å². The summed E-state index contributed by atoms with van der Waals surface area (Å²) < 4.78 is 7.35. The van der Waals surface area contributed by atoms with Gasteiger partial charge in [-0.05, 0) is 17.9 Å². The molecule has 1 aliphatic carbocycles. The Morgan fingerprint density at radius 3 is 2.85 bits per heavy atom. The lowest BCUT2D eigenvalue weighted by Gasteiger charge is -2.08. The fourth-order valence-electron chi connectivity index (χ4n) is 2.30. The van der Waals surface area contributed by atoms with Gasteiger partial charge in [-0.15, -0.1) is 0 Å². The van der Waals surface area contributed by atoms with Crippen LogP contribution in [-0.2, 0) is 22.7 Å². The molecule has 1 aromatic carbocycles. The second-order valence-electron chi connectivity index (χ2n) is 5.38. The summed E-state index contributed by atoms with van der Waals surface area (Å²) in [5, 5.41) is 0. The number of esters is 1. The first kappa shape index (κ1) is 12.9. The highest BCUT2D eigenvalue weighted by atomic mass is 16.5. The van der Waals surface area contributed by atoms with Gasteiger partial charge in [0.25, 0.3) is 0 Å². The molecule has 0 amide bonds. The molecule has 4 heteroatoms. The summed E-state index contributed by atoms with van der Waals surface area (Å²) in [6.45, 7) is 3.07. The monoisotopic (exact) mass is 270 g/mol. The van der Waals surface area contributed by atoms with Gasteiger partial charge in [0.2, 0.25) is 0 Å². The second kappa shape index (κ2) is 5.49. The van der Waals surface area contributed by atoms with E-state index in [1.165, 1.54) is 5.56 Å². The summed E-state index contributed by atoms with van der Waals surface area (Å²) in [6, 6.07) is 10.2. The van der Waals surface area contributed by atoms with Gasteiger partial charge in [0, 0.05) is 18.9 Å². The molecule has 1 aromatic heterocycles. The Kier molecular flexibility index (Phi) is 3.54. The van der Waals surface area contributed by atoms with Crippen LogP contribution >= 0.6 is 0 Å². The zero-order valence-electron chi connectivity index (χ0n) is 11.5. The summed E-state index contributed by atoms with van der Waals surface area (Å²) >= 11 is 0. The summed E-state index contributed by atoms with van der Waals surface area (Å²) in [5.74, 6) is 1.28. The van der Waals surface area contributed by atoms with Crippen LogP contribution in [0.25, 0.3) is 0 Å². The molecule has 3 rings (SSSR count). The maximum absolute atomic E-state index is 11.7. The molecule has 2 atom stereocenters. The van der Waals surface area contributed by atoms with Crippen molar-refractivity contribution in [3.05, 3.63) is 54.1 Å². The molecule has 104 valence electrons. The van der Waals surface area contributed by atoms with Crippen LogP contribution in [0.5, 0.6) is 0 Å². The van der Waals surface area contributed by atoms with Crippen LogP contribution in [0.1, 0.15) is 24.7 Å². The van der Waals surface area contributed by atoms with E-state index >= 15 is 0 Å². The third kappa shape index (κ3) is 2.90. The number of nitrogens with zero attached hydrogens (tertiary/aromatic N) is 2. The average molecular weight is 270 g/mol. The Morgan fingerprint density at radius 2 is 2.15 bits per heavy atom. The van der Waals surface area contributed by atoms with E-state index in [1.54, 1.807) is 6.20 Å². The number of ether oxygens (including phenoxy) is 1. The normalized spacial score (nSPS) is 20.6. The van der Waals surface area contributed by atoms with Crippen molar-refractivity contribution >= 4 is 5.97 Å². The lowest BCUT2D eigenvalue weighted by atomic mass is 10.2. The van der Waals surface area contributed by atoms with Gasteiger partial charge in [-0.2, -0.15) is 0 Å². The molecule has 1 fully saturated rings. The summed E-state index contributed by atoms with van der Waals surface area (Å²) in [5.41, 5.74) is 1.20. The van der Waals surface area contributed by atoms with Crippen molar-refractivity contribution in [2.24, 2.45) is 11.8 Å². The number of imidazole rings is 1. The van der Waals surface area contributed by atoms with E-state index in [9.17, 15) is 4.79 Å². The fourth-order valence-corrected chi connectivity index (χ4v) is 2.30. The smallest absolute Gasteiger partial charge is 0.309 e. The van der Waals surface area contributed by atoms with Gasteiger partial charge in [0.1, 0.15) is 12.4 Å². The lowest BCUT2D eigenvalue weighted by molar-refractivity contribution is -0.147. The highest BCUT2D eigenvalue weighted by Crippen LogP contribution is 2.38. The molecule has 20 heavy (non-hydrogen) atoms. The molecular weight excluding hydrogens is 252 g/mol. The number of rotatable bonds is 5. The van der Waals surface area contributed by atoms with Crippen molar-refractivity contribution in [3.63, 3.8) is 0 Å². The molecular formula is C16H18N2O2. The van der Waals surface area contributed by atoms with Gasteiger partial charge in [0.15, 0.2) is 0 Å². The van der Waals surface area contributed by atoms with Gasteiger partial charge in [-0.3, -0.25) is 4.79 Å². The van der Waals surface area contributed by atoms with Gasteiger partial charge < -0.3 is 9.30 Å². The van der Waals surface area contributed by atoms with Crippen molar-refractivity contribution < 1.29 is 9.53 Å². The quantitative estimate of drug-likeness (QED) is 0.784. The minimum atomic E-state index is -0.0910. The van der Waals surface area contributed by atoms with E-state index in [1.807, 2.05) is 29.0 Å². The molecule has 0 saturated heterocycles. The van der Waals surface area contributed by atoms with Crippen LogP contribution in [0.2, 0.25) is 0 Å². The van der Waals surface area contributed by atoms with Crippen LogP contribution in [-0.4, -0.2) is 15.5 Å². The Hall–Kier alpha value is -2.10. The van der Waals surface area contributed by atoms with Crippen LogP contribution < -0.4 is 0 Å². The second-order valence-corrected chi connectivity index (χ2v) is 5.38. The Labute approximate surface area is 118 Å². The molecule has 0 bridgehead atoms. The van der Waals surface area contributed by atoms with E-state index in [-0.39, 0.29) is 18.5 Å². The first-order valence-corrected chi connectivity index (χ1v) is 6.94. The molecule has 0 radical (unpaired) electrons. The van der Waals surface area contributed by atoms with Crippen molar-refractivity contribution in [1.82, 2.24) is 9.55 Å². The minimum absolute atomic E-state index is 0.0910. The van der Waals surface area contributed by atoms with E-state index in [0.29, 0.717) is 5.92 Å². The first-order valence-electron chi connectivity index (χ1n) is 6.94. The van der Waals surface area contributed by atoms with E-state index in [2.05, 4.69) is 24.0 Å². The van der Waals surface area contributed by atoms with Crippen LogP contribution in [0.4, 0.5) is 0 Å². The Bertz CT molecular complexity index is 592. The predicted octanol–water partition coefficient (Wildman–Crippen LogP) is 2.63. The molecule has 0 aliphatic heterocycles. The average Bonchev–Trinajstić information content (AvgIpc) is 3.03. The molecule has 1 aliphatic rings. The number of carbonyl (C=O) groups is 1. The fraction of sp³-hybridized carbons (Fsp3) is 0.375. The predicted molar refractivity (Wildman–Crippen MR) is 74.8 cm³/mol. The van der Waals surface area contributed by atoms with E-state index in [0.717, 1.165) is 18.8 Å². The lowest BCUT2D eigenvalue weighted by Crippen LogP contribution is -2.11. The van der Waals surface area contributed by atoms with E-state index < -0.39 is 0 Å². The summed E-state index contributed by atoms with van der Waals surface area (Å²) in [6.07, 6.45) is 4.61. The highest BCUT2D eigenvalue weighted by molar-refractivity contribution is 5.75. The third-order valence-corrected chi connectivity index (χ3v) is 3.75. The third-order valence-electron chi connectivity index (χ3n) is 3.75. The van der Waals surface area contributed by atoms with Crippen molar-refractivity contribution in [3.8, 4) is 0 Å². The molecule has 4 nitrogen and oxygen atoms in total. The SMILES string of the molecule is C[C@@H]1C[C@@H]1C(=O)OCc1nccn1Cc1ccccc1. The first-order chi connectivity index (χ1) is 9.74. The van der Waals surface area contributed by atoms with Crippen molar-refractivity contribution in [1.29, 1.82) is 0 Å². The van der Waals surface area contributed by atoms with E-state index in [4.69, 9.17) is 4.74 Å². The van der Waals surface area contributed by atoms with Crippen LogP contribution in [0.3, 0.4) is 0 Å². The summed E-state index contributed by atoms with van der Waals surface area (Å²) in [7, 11) is 0. The number of hydrogen-bond donors (Lipinski definition) is 0. The van der Waals surface area contributed by atoms with Crippen LogP contribution in [0, 0.1) is 11.8 Å². The highest BCUT2D eigenvalue weighted by Gasteiger charge is 2.40. The number of carbonyl (C=O) groups excluding carboxylic acids is 1. The van der Waals surface area contributed by atoms with Crippen molar-refractivity contribution in [2.75, 3.05) is 0 Å². The van der Waals surface area contributed by atoms with Gasteiger partial charge in [-0.25, -0.2) is 4.98 Å². The maximum Gasteiger partial charge on any atom is 0.309 e. The van der Waals surface area contributed by atoms with Gasteiger partial charge >= 0.3 is 5.97 Å². The molecule has 2 aromatic rings. The number of aromatic nitrogens is 2. The molecule has 0 N–H and O–H groups in total. The molecule has 1 heterocycles. The van der Waals surface area contributed by atoms with Crippen molar-refractivity contribution in [2.45, 2.75) is 26.5 Å². The molecule has 1 saturated carbocycles. The maximum atomic E-state index is 11.7. The van der Waals surface area contributed by atoms with Gasteiger partial charge in [0.05, 0.1) is 5.92 Å². The molecule has 0 unspecified atom stereocenters. The summed E-state index contributed by atoms with van der Waals surface area (Å²) in [4.78, 5) is 16.0. The standard InChI is InChI=1S/C16H18N2O2/c1-12-9-14(12)16(19)20-11-15-17-7-8-18(15)10-13-5-3-2-4-6-13/h2-8,12,14H,9-11H2,1H3/t12-,14+/m1/s1.